The minimum atomic E-state index is -0.632. The molecular formula is C21H29ClIN5O. The van der Waals surface area contributed by atoms with Crippen molar-refractivity contribution in [3.63, 3.8) is 0 Å². The van der Waals surface area contributed by atoms with E-state index in [0.717, 1.165) is 49.3 Å². The second-order valence-corrected chi connectivity index (χ2v) is 7.33. The van der Waals surface area contributed by atoms with E-state index in [1.165, 1.54) is 11.3 Å². The SMILES string of the molecule is CCNC(=NCC(O)c1ccncc1)N1CCN(c2cc(Cl)ccc2C)CC1.I. The zero-order valence-corrected chi connectivity index (χ0v) is 20.0. The molecule has 1 fully saturated rings. The van der Waals surface area contributed by atoms with E-state index in [1.807, 2.05) is 24.3 Å². The molecule has 1 aliphatic heterocycles. The van der Waals surface area contributed by atoms with Crippen LogP contribution >= 0.6 is 35.6 Å². The summed E-state index contributed by atoms with van der Waals surface area (Å²) < 4.78 is 0. The van der Waals surface area contributed by atoms with Crippen LogP contribution in [0.25, 0.3) is 0 Å². The van der Waals surface area contributed by atoms with Crippen molar-refractivity contribution in [1.82, 2.24) is 15.2 Å². The van der Waals surface area contributed by atoms with E-state index in [-0.39, 0.29) is 24.0 Å². The van der Waals surface area contributed by atoms with Crippen LogP contribution in [-0.4, -0.2) is 60.2 Å². The van der Waals surface area contributed by atoms with E-state index in [1.54, 1.807) is 12.4 Å². The third-order valence-corrected chi connectivity index (χ3v) is 5.17. The number of guanidine groups is 1. The first kappa shape index (κ1) is 23.7. The Balaban J connectivity index is 0.00000300. The summed E-state index contributed by atoms with van der Waals surface area (Å²) in [4.78, 5) is 13.3. The Morgan fingerprint density at radius 3 is 2.55 bits per heavy atom. The van der Waals surface area contributed by atoms with Crippen LogP contribution in [0.5, 0.6) is 0 Å². The van der Waals surface area contributed by atoms with Crippen molar-refractivity contribution in [2.24, 2.45) is 4.99 Å². The van der Waals surface area contributed by atoms with Gasteiger partial charge in [0.15, 0.2) is 5.96 Å². The van der Waals surface area contributed by atoms with Crippen LogP contribution in [-0.2, 0) is 0 Å². The first-order valence-electron chi connectivity index (χ1n) is 9.71. The highest BCUT2D eigenvalue weighted by Crippen LogP contribution is 2.25. The molecule has 1 saturated heterocycles. The van der Waals surface area contributed by atoms with Gasteiger partial charge in [0.1, 0.15) is 0 Å². The summed E-state index contributed by atoms with van der Waals surface area (Å²) in [5, 5.41) is 14.5. The Morgan fingerprint density at radius 2 is 1.90 bits per heavy atom. The maximum absolute atomic E-state index is 10.4. The number of aromatic nitrogens is 1. The summed E-state index contributed by atoms with van der Waals surface area (Å²) in [5.41, 5.74) is 3.26. The molecule has 1 aromatic carbocycles. The number of aliphatic imine (C=N–C) groups is 1. The number of aliphatic hydroxyl groups is 1. The van der Waals surface area contributed by atoms with Gasteiger partial charge in [0.2, 0.25) is 0 Å². The highest BCUT2D eigenvalue weighted by Gasteiger charge is 2.21. The molecular weight excluding hydrogens is 501 g/mol. The number of hydrogen-bond donors (Lipinski definition) is 2. The predicted molar refractivity (Wildman–Crippen MR) is 131 cm³/mol. The molecule has 158 valence electrons. The number of halogens is 2. The van der Waals surface area contributed by atoms with E-state index >= 15 is 0 Å². The van der Waals surface area contributed by atoms with Crippen molar-refractivity contribution in [3.8, 4) is 0 Å². The van der Waals surface area contributed by atoms with Gasteiger partial charge >= 0.3 is 0 Å². The van der Waals surface area contributed by atoms with Gasteiger partial charge in [0.25, 0.3) is 0 Å². The summed E-state index contributed by atoms with van der Waals surface area (Å²) in [7, 11) is 0. The molecule has 8 heteroatoms. The molecule has 29 heavy (non-hydrogen) atoms. The molecule has 0 saturated carbocycles. The average Bonchev–Trinajstić information content (AvgIpc) is 2.73. The summed E-state index contributed by atoms with van der Waals surface area (Å²) in [6.07, 6.45) is 2.74. The molecule has 1 aromatic heterocycles. The van der Waals surface area contributed by atoms with Gasteiger partial charge in [-0.1, -0.05) is 17.7 Å². The van der Waals surface area contributed by atoms with Gasteiger partial charge < -0.3 is 20.2 Å². The number of benzene rings is 1. The van der Waals surface area contributed by atoms with Crippen LogP contribution in [0.2, 0.25) is 5.02 Å². The van der Waals surface area contributed by atoms with Gasteiger partial charge in [-0.05, 0) is 49.2 Å². The lowest BCUT2D eigenvalue weighted by molar-refractivity contribution is 0.186. The van der Waals surface area contributed by atoms with Crippen LogP contribution in [0.15, 0.2) is 47.7 Å². The number of anilines is 1. The summed E-state index contributed by atoms with van der Waals surface area (Å²) in [6.45, 7) is 8.81. The number of nitrogens with zero attached hydrogens (tertiary/aromatic N) is 4. The lowest BCUT2D eigenvalue weighted by atomic mass is 10.1. The Hall–Kier alpha value is -1.58. The van der Waals surface area contributed by atoms with Crippen molar-refractivity contribution in [3.05, 3.63) is 58.9 Å². The zero-order valence-electron chi connectivity index (χ0n) is 16.9. The molecule has 0 radical (unpaired) electrons. The quantitative estimate of drug-likeness (QED) is 0.353. The molecule has 2 aromatic rings. The Kier molecular flexibility index (Phi) is 9.45. The number of pyridine rings is 1. The zero-order chi connectivity index (χ0) is 19.9. The van der Waals surface area contributed by atoms with E-state index in [4.69, 9.17) is 11.6 Å². The van der Waals surface area contributed by atoms with Crippen LogP contribution < -0.4 is 10.2 Å². The second kappa shape index (κ2) is 11.6. The fourth-order valence-corrected chi connectivity index (χ4v) is 3.54. The molecule has 1 unspecified atom stereocenters. The number of hydrogen-bond acceptors (Lipinski definition) is 4. The standard InChI is InChI=1S/C21H28ClN5O.HI/c1-3-24-21(25-15-20(28)17-6-8-23-9-7-17)27-12-10-26(11-13-27)19-14-18(22)5-4-16(19)2;/h4-9,14,20,28H,3,10-13,15H2,1-2H3,(H,24,25);1H. The topological polar surface area (TPSA) is 64.0 Å². The highest BCUT2D eigenvalue weighted by molar-refractivity contribution is 14.0. The number of piperazine rings is 1. The maximum atomic E-state index is 10.4. The Labute approximate surface area is 195 Å². The second-order valence-electron chi connectivity index (χ2n) is 6.90. The number of rotatable bonds is 5. The van der Waals surface area contributed by atoms with Gasteiger partial charge in [0.05, 0.1) is 12.6 Å². The van der Waals surface area contributed by atoms with Crippen molar-refractivity contribution in [1.29, 1.82) is 0 Å². The number of nitrogens with one attached hydrogen (secondary N) is 1. The molecule has 1 atom stereocenters. The average molecular weight is 530 g/mol. The van der Waals surface area contributed by atoms with E-state index in [2.05, 4.69) is 45.0 Å². The molecule has 0 aliphatic carbocycles. The van der Waals surface area contributed by atoms with Crippen molar-refractivity contribution in [2.45, 2.75) is 20.0 Å². The Morgan fingerprint density at radius 1 is 1.21 bits per heavy atom. The summed E-state index contributed by atoms with van der Waals surface area (Å²) in [5.74, 6) is 0.845. The maximum Gasteiger partial charge on any atom is 0.194 e. The Bertz CT molecular complexity index is 797. The molecule has 2 heterocycles. The molecule has 0 bridgehead atoms. The molecule has 6 nitrogen and oxygen atoms in total. The minimum Gasteiger partial charge on any atom is -0.386 e. The van der Waals surface area contributed by atoms with E-state index in [0.29, 0.717) is 6.54 Å². The minimum absolute atomic E-state index is 0. The normalized spacial score (nSPS) is 15.7. The van der Waals surface area contributed by atoms with Crippen LogP contribution in [0.3, 0.4) is 0 Å². The number of aryl methyl sites for hydroxylation is 1. The third-order valence-electron chi connectivity index (χ3n) is 4.93. The van der Waals surface area contributed by atoms with Gasteiger partial charge in [-0.2, -0.15) is 0 Å². The van der Waals surface area contributed by atoms with Crippen molar-refractivity contribution >= 4 is 47.2 Å². The molecule has 3 rings (SSSR count). The van der Waals surface area contributed by atoms with E-state index in [9.17, 15) is 5.11 Å². The third kappa shape index (κ3) is 6.45. The van der Waals surface area contributed by atoms with Gasteiger partial charge in [-0.15, -0.1) is 24.0 Å². The predicted octanol–water partition coefficient (Wildman–Crippen LogP) is 3.48. The van der Waals surface area contributed by atoms with Gasteiger partial charge in [-0.3, -0.25) is 9.98 Å². The summed E-state index contributed by atoms with van der Waals surface area (Å²) >= 11 is 6.18. The molecule has 0 amide bonds. The van der Waals surface area contributed by atoms with Crippen molar-refractivity contribution in [2.75, 3.05) is 44.2 Å². The summed E-state index contributed by atoms with van der Waals surface area (Å²) in [6, 6.07) is 9.67. The fraction of sp³-hybridized carbons (Fsp3) is 0.429. The number of aliphatic hydroxyl groups excluding tert-OH is 1. The van der Waals surface area contributed by atoms with Crippen LogP contribution in [0.4, 0.5) is 5.69 Å². The monoisotopic (exact) mass is 529 g/mol. The first-order chi connectivity index (χ1) is 13.6. The first-order valence-corrected chi connectivity index (χ1v) is 10.1. The molecule has 2 N–H and O–H groups in total. The molecule has 0 spiro atoms. The lowest BCUT2D eigenvalue weighted by Crippen LogP contribution is -2.52. The van der Waals surface area contributed by atoms with E-state index < -0.39 is 6.10 Å². The van der Waals surface area contributed by atoms with Crippen LogP contribution in [0.1, 0.15) is 24.2 Å². The smallest absolute Gasteiger partial charge is 0.194 e. The van der Waals surface area contributed by atoms with Gasteiger partial charge in [0, 0.05) is 55.8 Å². The van der Waals surface area contributed by atoms with Crippen molar-refractivity contribution < 1.29 is 5.11 Å². The molecule has 1 aliphatic rings. The highest BCUT2D eigenvalue weighted by atomic mass is 127. The van der Waals surface area contributed by atoms with Gasteiger partial charge in [-0.25, -0.2) is 0 Å². The van der Waals surface area contributed by atoms with Crippen LogP contribution in [0, 0.1) is 6.92 Å². The lowest BCUT2D eigenvalue weighted by Gasteiger charge is -2.38. The largest absolute Gasteiger partial charge is 0.386 e. The fourth-order valence-electron chi connectivity index (χ4n) is 3.37.